The predicted octanol–water partition coefficient (Wildman–Crippen LogP) is 3.93. The lowest BCUT2D eigenvalue weighted by Crippen LogP contribution is -2.30. The number of halogens is 1. The first-order chi connectivity index (χ1) is 13.1. The number of methoxy groups -OCH3 is 1. The molecule has 0 spiro atoms. The van der Waals surface area contributed by atoms with Gasteiger partial charge in [-0.05, 0) is 42.8 Å². The van der Waals surface area contributed by atoms with Crippen LogP contribution in [-0.2, 0) is 11.3 Å². The molecular formula is C19H19ClN4O2S. The minimum atomic E-state index is -0.341. The molecule has 8 heteroatoms. The molecule has 6 nitrogen and oxygen atoms in total. The van der Waals surface area contributed by atoms with Crippen LogP contribution in [0.5, 0.6) is 5.75 Å². The summed E-state index contributed by atoms with van der Waals surface area (Å²) in [6.07, 6.45) is 0. The van der Waals surface area contributed by atoms with Crippen molar-refractivity contribution in [2.45, 2.75) is 23.9 Å². The predicted molar refractivity (Wildman–Crippen MR) is 107 cm³/mol. The Bertz CT molecular complexity index is 914. The van der Waals surface area contributed by atoms with E-state index < -0.39 is 0 Å². The van der Waals surface area contributed by atoms with Gasteiger partial charge in [0.1, 0.15) is 5.75 Å². The van der Waals surface area contributed by atoms with Gasteiger partial charge in [-0.3, -0.25) is 9.89 Å². The van der Waals surface area contributed by atoms with Crippen LogP contribution in [0.15, 0.2) is 53.7 Å². The largest absolute Gasteiger partial charge is 0.497 e. The van der Waals surface area contributed by atoms with Gasteiger partial charge < -0.3 is 10.1 Å². The number of nitrogens with one attached hydrogen (secondary N) is 2. The molecule has 1 aromatic heterocycles. The van der Waals surface area contributed by atoms with E-state index >= 15 is 0 Å². The number of aromatic nitrogens is 3. The van der Waals surface area contributed by atoms with Gasteiger partial charge in [-0.1, -0.05) is 41.6 Å². The van der Waals surface area contributed by atoms with Crippen LogP contribution in [0, 0.1) is 0 Å². The van der Waals surface area contributed by atoms with Crippen molar-refractivity contribution in [3.8, 4) is 17.1 Å². The van der Waals surface area contributed by atoms with Gasteiger partial charge >= 0.3 is 0 Å². The maximum absolute atomic E-state index is 12.3. The normalized spacial score (nSPS) is 11.8. The number of ether oxygens (including phenoxy) is 1. The van der Waals surface area contributed by atoms with Crippen LogP contribution in [0.4, 0.5) is 0 Å². The lowest BCUT2D eigenvalue weighted by atomic mass is 10.2. The number of hydrogen-bond donors (Lipinski definition) is 2. The standard InChI is InChI=1S/C19H19ClN4O2S/c1-12(18(25)21-11-14-5-3-4-6-16(14)20)27-19-22-17(23-24-19)13-7-9-15(26-2)10-8-13/h3-10,12H,11H2,1-2H3,(H,21,25)(H,22,23,24)/t12-/m0/s1. The first kappa shape index (κ1) is 19.3. The second-order valence-electron chi connectivity index (χ2n) is 5.76. The van der Waals surface area contributed by atoms with Crippen molar-refractivity contribution in [2.24, 2.45) is 0 Å². The van der Waals surface area contributed by atoms with Gasteiger partial charge in [0.2, 0.25) is 11.1 Å². The highest BCUT2D eigenvalue weighted by Gasteiger charge is 2.17. The van der Waals surface area contributed by atoms with Crippen LogP contribution < -0.4 is 10.1 Å². The zero-order valence-electron chi connectivity index (χ0n) is 14.9. The topological polar surface area (TPSA) is 79.9 Å². The summed E-state index contributed by atoms with van der Waals surface area (Å²) >= 11 is 7.40. The van der Waals surface area contributed by atoms with Gasteiger partial charge in [-0.15, -0.1) is 5.10 Å². The Kier molecular flexibility index (Phi) is 6.36. The molecular weight excluding hydrogens is 384 g/mol. The van der Waals surface area contributed by atoms with Crippen LogP contribution in [0.2, 0.25) is 5.02 Å². The van der Waals surface area contributed by atoms with Gasteiger partial charge in [0.05, 0.1) is 12.4 Å². The number of carbonyl (C=O) groups excluding carboxylic acids is 1. The second kappa shape index (κ2) is 8.92. The number of nitrogens with zero attached hydrogens (tertiary/aromatic N) is 2. The van der Waals surface area contributed by atoms with Crippen LogP contribution >= 0.6 is 23.4 Å². The smallest absolute Gasteiger partial charge is 0.233 e. The quantitative estimate of drug-likeness (QED) is 0.585. The minimum Gasteiger partial charge on any atom is -0.497 e. The van der Waals surface area contributed by atoms with Crippen molar-refractivity contribution in [1.29, 1.82) is 0 Å². The average Bonchev–Trinajstić information content (AvgIpc) is 3.15. The third-order valence-corrected chi connectivity index (χ3v) is 5.22. The second-order valence-corrected chi connectivity index (χ2v) is 7.48. The summed E-state index contributed by atoms with van der Waals surface area (Å²) in [4.78, 5) is 16.8. The number of aromatic amines is 1. The van der Waals surface area contributed by atoms with E-state index in [2.05, 4.69) is 20.5 Å². The number of thioether (sulfide) groups is 1. The third-order valence-electron chi connectivity index (χ3n) is 3.89. The molecule has 0 radical (unpaired) electrons. The van der Waals surface area contributed by atoms with Crippen molar-refractivity contribution < 1.29 is 9.53 Å². The molecule has 2 aromatic carbocycles. The summed E-state index contributed by atoms with van der Waals surface area (Å²) in [5.74, 6) is 1.32. The average molecular weight is 403 g/mol. The van der Waals surface area contributed by atoms with Crippen molar-refractivity contribution >= 4 is 29.3 Å². The molecule has 0 aliphatic rings. The van der Waals surface area contributed by atoms with E-state index in [1.54, 1.807) is 13.2 Å². The van der Waals surface area contributed by atoms with Gasteiger partial charge in [-0.2, -0.15) is 0 Å². The van der Waals surface area contributed by atoms with Crippen LogP contribution in [-0.4, -0.2) is 33.4 Å². The Morgan fingerprint density at radius 2 is 2.00 bits per heavy atom. The molecule has 0 saturated carbocycles. The lowest BCUT2D eigenvalue weighted by Gasteiger charge is -2.11. The fourth-order valence-electron chi connectivity index (χ4n) is 2.36. The van der Waals surface area contributed by atoms with Crippen LogP contribution in [0.25, 0.3) is 11.4 Å². The molecule has 140 valence electrons. The van der Waals surface area contributed by atoms with Crippen molar-refractivity contribution in [2.75, 3.05) is 7.11 Å². The summed E-state index contributed by atoms with van der Waals surface area (Å²) < 4.78 is 5.15. The van der Waals surface area contributed by atoms with Crippen LogP contribution in [0.1, 0.15) is 12.5 Å². The van der Waals surface area contributed by atoms with E-state index in [9.17, 15) is 4.79 Å². The minimum absolute atomic E-state index is 0.101. The molecule has 2 N–H and O–H groups in total. The summed E-state index contributed by atoms with van der Waals surface area (Å²) in [5.41, 5.74) is 1.77. The highest BCUT2D eigenvalue weighted by molar-refractivity contribution is 8.00. The fourth-order valence-corrected chi connectivity index (χ4v) is 3.31. The number of hydrogen-bond acceptors (Lipinski definition) is 5. The van der Waals surface area contributed by atoms with Crippen molar-refractivity contribution in [1.82, 2.24) is 20.5 Å². The van der Waals surface area contributed by atoms with E-state index in [-0.39, 0.29) is 11.2 Å². The molecule has 0 aliphatic carbocycles. The van der Waals surface area contributed by atoms with E-state index in [0.717, 1.165) is 16.9 Å². The number of carbonyl (C=O) groups is 1. The molecule has 0 bridgehead atoms. The number of amides is 1. The molecule has 27 heavy (non-hydrogen) atoms. The van der Waals surface area contributed by atoms with E-state index in [4.69, 9.17) is 16.3 Å². The Morgan fingerprint density at radius 3 is 2.70 bits per heavy atom. The van der Waals surface area contributed by atoms with Crippen LogP contribution in [0.3, 0.4) is 0 Å². The summed E-state index contributed by atoms with van der Waals surface area (Å²) in [6.45, 7) is 2.20. The van der Waals surface area contributed by atoms with Gasteiger partial charge in [-0.25, -0.2) is 4.98 Å². The van der Waals surface area contributed by atoms with Gasteiger partial charge in [0.15, 0.2) is 5.82 Å². The van der Waals surface area contributed by atoms with Crippen molar-refractivity contribution in [3.63, 3.8) is 0 Å². The van der Waals surface area contributed by atoms with Gasteiger partial charge in [0, 0.05) is 17.1 Å². The maximum atomic E-state index is 12.3. The molecule has 1 atom stereocenters. The Hall–Kier alpha value is -2.51. The van der Waals surface area contributed by atoms with E-state index in [1.807, 2.05) is 49.4 Å². The lowest BCUT2D eigenvalue weighted by molar-refractivity contribution is -0.120. The SMILES string of the molecule is COc1ccc(-c2nc(S[C@@H](C)C(=O)NCc3ccccc3Cl)n[nH]2)cc1. The fraction of sp³-hybridized carbons (Fsp3) is 0.211. The highest BCUT2D eigenvalue weighted by atomic mass is 35.5. The number of H-pyrrole nitrogens is 1. The molecule has 0 saturated heterocycles. The molecule has 3 aromatic rings. The molecule has 0 fully saturated rings. The zero-order chi connectivity index (χ0) is 19.2. The molecule has 1 heterocycles. The Balaban J connectivity index is 1.57. The monoisotopic (exact) mass is 402 g/mol. The molecule has 0 unspecified atom stereocenters. The first-order valence-electron chi connectivity index (χ1n) is 8.31. The van der Waals surface area contributed by atoms with E-state index in [0.29, 0.717) is 22.5 Å². The zero-order valence-corrected chi connectivity index (χ0v) is 16.5. The molecule has 3 rings (SSSR count). The summed E-state index contributed by atoms with van der Waals surface area (Å²) in [5, 5.41) is 10.8. The molecule has 1 amide bonds. The van der Waals surface area contributed by atoms with Gasteiger partial charge in [0.25, 0.3) is 0 Å². The Morgan fingerprint density at radius 1 is 1.26 bits per heavy atom. The highest BCUT2D eigenvalue weighted by Crippen LogP contribution is 2.24. The molecule has 0 aliphatic heterocycles. The third kappa shape index (κ3) is 5.02. The summed E-state index contributed by atoms with van der Waals surface area (Å²) in [7, 11) is 1.62. The maximum Gasteiger partial charge on any atom is 0.233 e. The van der Waals surface area contributed by atoms with Crippen molar-refractivity contribution in [3.05, 3.63) is 59.1 Å². The number of benzene rings is 2. The summed E-state index contributed by atoms with van der Waals surface area (Å²) in [6, 6.07) is 14.9. The Labute approximate surface area is 166 Å². The van der Waals surface area contributed by atoms with E-state index in [1.165, 1.54) is 11.8 Å². The first-order valence-corrected chi connectivity index (χ1v) is 9.57. The number of rotatable bonds is 7.